The largest absolute Gasteiger partial charge is 0.411 e. The van der Waals surface area contributed by atoms with E-state index in [0.29, 0.717) is 13.2 Å². The van der Waals surface area contributed by atoms with Gasteiger partial charge in [-0.2, -0.15) is 0 Å². The molecule has 1 saturated heterocycles. The molecular weight excluding hydrogens is 256 g/mol. The molecule has 0 amide bonds. The first-order valence-corrected chi connectivity index (χ1v) is 10.6. The van der Waals surface area contributed by atoms with Crippen molar-refractivity contribution in [2.45, 2.75) is 25.7 Å². The van der Waals surface area contributed by atoms with Gasteiger partial charge >= 0.3 is 0 Å². The number of piperazine rings is 1. The Kier molecular flexibility index (Phi) is 7.24. The second-order valence-electron chi connectivity index (χ2n) is 6.28. The molecule has 0 bridgehead atoms. The van der Waals surface area contributed by atoms with Crippen molar-refractivity contribution in [3.8, 4) is 0 Å². The lowest BCUT2D eigenvalue weighted by Crippen LogP contribution is -2.49. The summed E-state index contributed by atoms with van der Waals surface area (Å²) >= 11 is 0. The Bertz CT molecular complexity index is 261. The van der Waals surface area contributed by atoms with E-state index in [1.807, 2.05) is 0 Å². The second-order valence-corrected chi connectivity index (χ2v) is 10.7. The van der Waals surface area contributed by atoms with E-state index in [2.05, 4.69) is 43.1 Å². The summed E-state index contributed by atoms with van der Waals surface area (Å²) in [7, 11) is 0.660. The van der Waals surface area contributed by atoms with E-state index in [9.17, 15) is 0 Å². The van der Waals surface area contributed by atoms with Gasteiger partial charge in [0.05, 0.1) is 19.3 Å². The van der Waals surface area contributed by atoms with Crippen LogP contribution in [-0.2, 0) is 9.16 Å². The molecule has 0 aliphatic carbocycles. The summed E-state index contributed by atoms with van der Waals surface area (Å²) in [6.45, 7) is 17.2. The summed E-state index contributed by atoms with van der Waals surface area (Å²) in [5.74, 6) is 0. The predicted octanol–water partition coefficient (Wildman–Crippen LogP) is 1.66. The van der Waals surface area contributed by atoms with Gasteiger partial charge in [0.1, 0.15) is 0 Å². The Labute approximate surface area is 119 Å². The van der Waals surface area contributed by atoms with Gasteiger partial charge in [0.2, 0.25) is 0 Å². The van der Waals surface area contributed by atoms with E-state index in [4.69, 9.17) is 9.16 Å². The summed E-state index contributed by atoms with van der Waals surface area (Å²) < 4.78 is 11.8. The third-order valence-electron chi connectivity index (χ3n) is 3.12. The molecular formula is C14H30N2O2Si. The molecule has 1 rings (SSSR count). The Morgan fingerprint density at radius 2 is 1.84 bits per heavy atom. The highest BCUT2D eigenvalue weighted by Gasteiger charge is 2.24. The highest BCUT2D eigenvalue weighted by molar-refractivity contribution is 6.69. The molecule has 0 N–H and O–H groups in total. The van der Waals surface area contributed by atoms with Crippen molar-refractivity contribution in [2.75, 3.05) is 53.0 Å². The highest BCUT2D eigenvalue weighted by Crippen LogP contribution is 2.11. The molecule has 4 nitrogen and oxygen atoms in total. The van der Waals surface area contributed by atoms with Crippen molar-refractivity contribution in [3.63, 3.8) is 0 Å². The Balaban J connectivity index is 2.40. The Hall–Kier alpha value is -0.203. The van der Waals surface area contributed by atoms with Crippen molar-refractivity contribution in [3.05, 3.63) is 12.7 Å². The zero-order chi connectivity index (χ0) is 14.3. The van der Waals surface area contributed by atoms with Gasteiger partial charge in [-0.05, 0) is 26.7 Å². The molecule has 0 saturated carbocycles. The third kappa shape index (κ3) is 7.84. The van der Waals surface area contributed by atoms with Gasteiger partial charge in [-0.1, -0.05) is 6.08 Å². The maximum Gasteiger partial charge on any atom is 0.184 e. The average Bonchev–Trinajstić information content (AvgIpc) is 2.30. The average molecular weight is 286 g/mol. The molecule has 1 aliphatic rings. The van der Waals surface area contributed by atoms with E-state index in [0.717, 1.165) is 32.7 Å². The SMILES string of the molecule is C=CCOCC(CN1CCN(C)CC1)O[Si](C)(C)C. The van der Waals surface area contributed by atoms with Gasteiger partial charge in [0.25, 0.3) is 0 Å². The van der Waals surface area contributed by atoms with Crippen LogP contribution in [0.5, 0.6) is 0 Å². The van der Waals surface area contributed by atoms with E-state index in [-0.39, 0.29) is 6.10 Å². The predicted molar refractivity (Wildman–Crippen MR) is 83.2 cm³/mol. The maximum atomic E-state index is 6.24. The molecule has 0 aromatic heterocycles. The minimum Gasteiger partial charge on any atom is -0.411 e. The summed E-state index contributed by atoms with van der Waals surface area (Å²) in [6, 6.07) is 0. The van der Waals surface area contributed by atoms with Gasteiger partial charge < -0.3 is 14.1 Å². The highest BCUT2D eigenvalue weighted by atomic mass is 28.4. The Morgan fingerprint density at radius 3 is 2.37 bits per heavy atom. The molecule has 1 fully saturated rings. The standard InChI is InChI=1S/C14H30N2O2Si/c1-6-11-17-13-14(18-19(3,4)5)12-16-9-7-15(2)8-10-16/h6,14H,1,7-13H2,2-5H3. The first-order chi connectivity index (χ1) is 8.90. The van der Waals surface area contributed by atoms with Gasteiger partial charge in [0, 0.05) is 32.7 Å². The first-order valence-electron chi connectivity index (χ1n) is 7.18. The van der Waals surface area contributed by atoms with Crippen LogP contribution < -0.4 is 0 Å². The lowest BCUT2D eigenvalue weighted by Gasteiger charge is -2.36. The van der Waals surface area contributed by atoms with Crippen molar-refractivity contribution in [1.29, 1.82) is 0 Å². The number of nitrogens with zero attached hydrogens (tertiary/aromatic N) is 2. The number of likely N-dealkylation sites (N-methyl/N-ethyl adjacent to an activating group) is 1. The zero-order valence-electron chi connectivity index (χ0n) is 13.0. The van der Waals surface area contributed by atoms with Crippen LogP contribution in [-0.4, -0.2) is 77.2 Å². The van der Waals surface area contributed by atoms with Crippen LogP contribution in [0.15, 0.2) is 12.7 Å². The van der Waals surface area contributed by atoms with Crippen molar-refractivity contribution < 1.29 is 9.16 Å². The summed E-state index contributed by atoms with van der Waals surface area (Å²) in [5.41, 5.74) is 0. The van der Waals surface area contributed by atoms with Crippen LogP contribution >= 0.6 is 0 Å². The molecule has 1 heterocycles. The van der Waals surface area contributed by atoms with Gasteiger partial charge in [-0.3, -0.25) is 4.90 Å². The topological polar surface area (TPSA) is 24.9 Å². The van der Waals surface area contributed by atoms with E-state index in [1.165, 1.54) is 0 Å². The molecule has 1 atom stereocenters. The summed E-state index contributed by atoms with van der Waals surface area (Å²) in [6.07, 6.45) is 1.98. The lowest BCUT2D eigenvalue weighted by molar-refractivity contribution is 0.0265. The van der Waals surface area contributed by atoms with E-state index in [1.54, 1.807) is 6.08 Å². The molecule has 0 radical (unpaired) electrons. The molecule has 0 spiro atoms. The zero-order valence-corrected chi connectivity index (χ0v) is 14.0. The fraction of sp³-hybridized carbons (Fsp3) is 0.857. The molecule has 5 heteroatoms. The molecule has 19 heavy (non-hydrogen) atoms. The van der Waals surface area contributed by atoms with Crippen LogP contribution in [0.1, 0.15) is 0 Å². The van der Waals surface area contributed by atoms with Crippen molar-refractivity contribution in [2.24, 2.45) is 0 Å². The van der Waals surface area contributed by atoms with E-state index >= 15 is 0 Å². The monoisotopic (exact) mass is 286 g/mol. The third-order valence-corrected chi connectivity index (χ3v) is 4.16. The summed E-state index contributed by atoms with van der Waals surface area (Å²) in [5, 5.41) is 0. The van der Waals surface area contributed by atoms with Gasteiger partial charge in [0.15, 0.2) is 8.32 Å². The fourth-order valence-corrected chi connectivity index (χ4v) is 3.37. The van der Waals surface area contributed by atoms with Crippen LogP contribution in [0, 0.1) is 0 Å². The van der Waals surface area contributed by atoms with Crippen molar-refractivity contribution >= 4 is 8.32 Å². The van der Waals surface area contributed by atoms with Crippen LogP contribution in [0.4, 0.5) is 0 Å². The smallest absolute Gasteiger partial charge is 0.184 e. The second kappa shape index (κ2) is 8.17. The number of hydrogen-bond donors (Lipinski definition) is 0. The number of rotatable bonds is 8. The van der Waals surface area contributed by atoms with Crippen molar-refractivity contribution in [1.82, 2.24) is 9.80 Å². The normalized spacial score (nSPS) is 20.4. The minimum absolute atomic E-state index is 0.190. The summed E-state index contributed by atoms with van der Waals surface area (Å²) in [4.78, 5) is 4.86. The van der Waals surface area contributed by atoms with Crippen LogP contribution in [0.2, 0.25) is 19.6 Å². The lowest BCUT2D eigenvalue weighted by atomic mass is 10.3. The minimum atomic E-state index is -1.52. The van der Waals surface area contributed by atoms with Crippen LogP contribution in [0.25, 0.3) is 0 Å². The van der Waals surface area contributed by atoms with Crippen LogP contribution in [0.3, 0.4) is 0 Å². The van der Waals surface area contributed by atoms with Gasteiger partial charge in [-0.25, -0.2) is 0 Å². The molecule has 112 valence electrons. The first kappa shape index (κ1) is 16.9. The maximum absolute atomic E-state index is 6.24. The number of hydrogen-bond acceptors (Lipinski definition) is 4. The molecule has 1 unspecified atom stereocenters. The molecule has 0 aromatic rings. The fourth-order valence-electron chi connectivity index (χ4n) is 2.23. The molecule has 1 aliphatic heterocycles. The quantitative estimate of drug-likeness (QED) is 0.385. The molecule has 0 aromatic carbocycles. The van der Waals surface area contributed by atoms with E-state index < -0.39 is 8.32 Å². The van der Waals surface area contributed by atoms with Gasteiger partial charge in [-0.15, -0.1) is 6.58 Å². The number of ether oxygens (including phenoxy) is 1. The Morgan fingerprint density at radius 1 is 1.21 bits per heavy atom.